The average molecular weight is 522 g/mol. The van der Waals surface area contributed by atoms with Crippen LogP contribution in [0.2, 0.25) is 5.02 Å². The Morgan fingerprint density at radius 1 is 1.17 bits per heavy atom. The maximum absolute atomic E-state index is 15.1. The highest BCUT2D eigenvalue weighted by Crippen LogP contribution is 2.47. The molecule has 0 spiro atoms. The quantitative estimate of drug-likeness (QED) is 0.349. The van der Waals surface area contributed by atoms with E-state index in [4.69, 9.17) is 17.3 Å². The highest BCUT2D eigenvalue weighted by Gasteiger charge is 2.39. The number of nitrogens with two attached hydrogens (primary N) is 1. The summed E-state index contributed by atoms with van der Waals surface area (Å²) in [5.41, 5.74) is 6.34. The number of hydrogen-bond acceptors (Lipinski definition) is 6. The van der Waals surface area contributed by atoms with Gasteiger partial charge in [0.1, 0.15) is 23.0 Å². The first-order valence-electron chi connectivity index (χ1n) is 10.9. The molecule has 0 saturated carbocycles. The molecule has 0 fully saturated rings. The molecule has 188 valence electrons. The summed E-state index contributed by atoms with van der Waals surface area (Å²) in [6.45, 7) is 3.05. The number of aliphatic hydroxyl groups is 1. The molecule has 0 amide bonds. The van der Waals surface area contributed by atoms with Gasteiger partial charge in [-0.1, -0.05) is 17.7 Å². The Kier molecular flexibility index (Phi) is 5.69. The lowest BCUT2D eigenvalue weighted by molar-refractivity contribution is -0.275. The maximum Gasteiger partial charge on any atom is 0.573 e. The minimum Gasteiger partial charge on any atom is -0.405 e. The van der Waals surface area contributed by atoms with Crippen molar-refractivity contribution in [1.29, 1.82) is 0 Å². The van der Waals surface area contributed by atoms with Crippen LogP contribution < -0.4 is 10.5 Å². The fourth-order valence-corrected chi connectivity index (χ4v) is 4.77. The summed E-state index contributed by atoms with van der Waals surface area (Å²) in [5.74, 6) is -0.485. The van der Waals surface area contributed by atoms with E-state index in [1.54, 1.807) is 4.57 Å². The third kappa shape index (κ3) is 4.27. The fourth-order valence-electron chi connectivity index (χ4n) is 4.48. The first kappa shape index (κ1) is 24.4. The molecule has 2 atom stereocenters. The van der Waals surface area contributed by atoms with Crippen molar-refractivity contribution in [2.75, 3.05) is 0 Å². The summed E-state index contributed by atoms with van der Waals surface area (Å²) in [6, 6.07) is 5.40. The van der Waals surface area contributed by atoms with Gasteiger partial charge in [0.15, 0.2) is 5.82 Å². The summed E-state index contributed by atoms with van der Waals surface area (Å²) in [5, 5.41) is 10.2. The molecule has 4 aromatic rings. The Balaban J connectivity index is 1.66. The number of nitrogens with zero attached hydrogens (tertiary/aromatic N) is 4. The zero-order valence-corrected chi connectivity index (χ0v) is 19.8. The van der Waals surface area contributed by atoms with Crippen molar-refractivity contribution in [3.8, 4) is 16.9 Å². The van der Waals surface area contributed by atoms with Crippen LogP contribution in [0.25, 0.3) is 22.2 Å². The van der Waals surface area contributed by atoms with E-state index >= 15 is 4.39 Å². The van der Waals surface area contributed by atoms with Crippen LogP contribution in [0.3, 0.4) is 0 Å². The van der Waals surface area contributed by atoms with E-state index in [9.17, 15) is 18.3 Å². The van der Waals surface area contributed by atoms with Crippen LogP contribution in [0.15, 0.2) is 42.7 Å². The summed E-state index contributed by atoms with van der Waals surface area (Å²) in [4.78, 5) is 12.7. The molecule has 36 heavy (non-hydrogen) atoms. The zero-order chi connectivity index (χ0) is 26.0. The molecule has 0 radical (unpaired) electrons. The number of benzene rings is 2. The highest BCUT2D eigenvalue weighted by molar-refractivity contribution is 6.31. The minimum atomic E-state index is -4.93. The van der Waals surface area contributed by atoms with Crippen molar-refractivity contribution in [1.82, 2.24) is 19.5 Å². The lowest BCUT2D eigenvalue weighted by atomic mass is 10.0. The number of ether oxygens (including phenoxy) is 1. The molecule has 1 aliphatic rings. The number of rotatable bonds is 4. The molecule has 3 heterocycles. The monoisotopic (exact) mass is 521 g/mol. The number of alkyl halides is 3. The topological polar surface area (TPSA) is 99.1 Å². The van der Waals surface area contributed by atoms with Crippen molar-refractivity contribution in [3.05, 3.63) is 70.8 Å². The number of hydrogen-bond donors (Lipinski definition) is 2. The van der Waals surface area contributed by atoms with Gasteiger partial charge in [-0.2, -0.15) is 0 Å². The Morgan fingerprint density at radius 2 is 1.86 bits per heavy atom. The van der Waals surface area contributed by atoms with Crippen LogP contribution >= 0.6 is 11.6 Å². The van der Waals surface area contributed by atoms with Crippen molar-refractivity contribution >= 4 is 22.6 Å². The van der Waals surface area contributed by atoms with E-state index in [0.29, 0.717) is 16.9 Å². The van der Waals surface area contributed by atoms with Gasteiger partial charge in [0.2, 0.25) is 0 Å². The van der Waals surface area contributed by atoms with Crippen molar-refractivity contribution in [2.45, 2.75) is 44.3 Å². The molecule has 12 heteroatoms. The molecule has 2 aromatic carbocycles. The SMILES string of the molecule is CC(C)(O)c1ncc(-c2cc3c(cc2F)nc2n3[C@@H](c3c(Cl)cccc3OC(F)(F)F)C[C@H]2N)cn1. The molecule has 3 N–H and O–H groups in total. The maximum atomic E-state index is 15.1. The molecule has 0 unspecified atom stereocenters. The average Bonchev–Trinajstić information content (AvgIpc) is 3.28. The van der Waals surface area contributed by atoms with Crippen LogP contribution in [0.5, 0.6) is 5.75 Å². The first-order chi connectivity index (χ1) is 16.8. The molecule has 0 bridgehead atoms. The lowest BCUT2D eigenvalue weighted by Gasteiger charge is -2.21. The molecular weight excluding hydrogens is 502 g/mol. The smallest absolute Gasteiger partial charge is 0.405 e. The Labute approximate surface area is 207 Å². The molecule has 0 saturated heterocycles. The van der Waals surface area contributed by atoms with Crippen LogP contribution in [0, 0.1) is 5.82 Å². The Bertz CT molecular complexity index is 1460. The molecule has 7 nitrogen and oxygen atoms in total. The zero-order valence-electron chi connectivity index (χ0n) is 19.0. The normalized spacial score (nSPS) is 18.0. The second kappa shape index (κ2) is 8.39. The third-order valence-electron chi connectivity index (χ3n) is 6.01. The Hall–Kier alpha value is -3.28. The van der Waals surface area contributed by atoms with E-state index in [-0.39, 0.29) is 33.9 Å². The summed E-state index contributed by atoms with van der Waals surface area (Å²) in [7, 11) is 0. The fraction of sp³-hybridized carbons (Fsp3) is 0.292. The lowest BCUT2D eigenvalue weighted by Crippen LogP contribution is -2.19. The largest absolute Gasteiger partial charge is 0.573 e. The number of fused-ring (bicyclic) bond motifs is 3. The molecule has 1 aliphatic heterocycles. The van der Waals surface area contributed by atoms with Gasteiger partial charge in [-0.15, -0.1) is 13.2 Å². The van der Waals surface area contributed by atoms with Gasteiger partial charge in [0.05, 0.1) is 23.1 Å². The van der Waals surface area contributed by atoms with E-state index < -0.39 is 35.6 Å². The predicted molar refractivity (Wildman–Crippen MR) is 124 cm³/mol. The van der Waals surface area contributed by atoms with Crippen molar-refractivity contribution < 1.29 is 27.4 Å². The number of imidazole rings is 1. The van der Waals surface area contributed by atoms with Crippen LogP contribution in [-0.4, -0.2) is 31.0 Å². The van der Waals surface area contributed by atoms with Crippen LogP contribution in [0.1, 0.15) is 49.6 Å². The predicted octanol–water partition coefficient (Wildman–Crippen LogP) is 5.40. The Morgan fingerprint density at radius 3 is 2.50 bits per heavy atom. The first-order valence-corrected chi connectivity index (χ1v) is 11.3. The van der Waals surface area contributed by atoms with Crippen molar-refractivity contribution in [2.24, 2.45) is 5.73 Å². The van der Waals surface area contributed by atoms with Gasteiger partial charge in [-0.25, -0.2) is 19.3 Å². The molecule has 0 aliphatic carbocycles. The third-order valence-corrected chi connectivity index (χ3v) is 6.34. The minimum absolute atomic E-state index is 0.0709. The van der Waals surface area contributed by atoms with E-state index in [1.807, 2.05) is 0 Å². The molecule has 5 rings (SSSR count). The van der Waals surface area contributed by atoms with Gasteiger partial charge >= 0.3 is 6.36 Å². The second-order valence-corrected chi connectivity index (χ2v) is 9.48. The second-order valence-electron chi connectivity index (χ2n) is 9.07. The van der Waals surface area contributed by atoms with Gasteiger partial charge in [0.25, 0.3) is 0 Å². The van der Waals surface area contributed by atoms with Crippen molar-refractivity contribution in [3.63, 3.8) is 0 Å². The molecular formula is C24H20ClF4N5O2. The highest BCUT2D eigenvalue weighted by atomic mass is 35.5. The van der Waals surface area contributed by atoms with Gasteiger partial charge in [-0.3, -0.25) is 0 Å². The number of aromatic nitrogens is 4. The van der Waals surface area contributed by atoms with Gasteiger partial charge in [-0.05, 0) is 38.5 Å². The summed E-state index contributed by atoms with van der Waals surface area (Å²) in [6.07, 6.45) is -1.94. The standard InChI is InChI=1S/C24H20ClF4N5O2/c1-23(2,35)22-31-9-11(10-32-22)12-6-17-16(7-14(12)26)33-21-15(30)8-18(34(17)21)20-13(25)4-3-5-19(20)36-24(27,28)29/h3-7,9-10,15,18,35H,8,30H2,1-2H3/t15-,18-/m1/s1. The van der Waals surface area contributed by atoms with Crippen LogP contribution in [0.4, 0.5) is 17.6 Å². The summed E-state index contributed by atoms with van der Waals surface area (Å²) >= 11 is 6.36. The van der Waals surface area contributed by atoms with Gasteiger partial charge in [0, 0.05) is 40.2 Å². The van der Waals surface area contributed by atoms with E-state index in [1.165, 1.54) is 56.6 Å². The van der Waals surface area contributed by atoms with Gasteiger partial charge < -0.3 is 20.1 Å². The number of halogens is 5. The summed E-state index contributed by atoms with van der Waals surface area (Å²) < 4.78 is 60.4. The van der Waals surface area contributed by atoms with E-state index in [2.05, 4.69) is 19.7 Å². The van der Waals surface area contributed by atoms with E-state index in [0.717, 1.165) is 0 Å². The molecule has 2 aromatic heterocycles. The van der Waals surface area contributed by atoms with Crippen LogP contribution in [-0.2, 0) is 5.60 Å².